The fourth-order valence-electron chi connectivity index (χ4n) is 1.92. The Labute approximate surface area is 110 Å². The van der Waals surface area contributed by atoms with Crippen LogP contribution in [0.15, 0.2) is 27.6 Å². The Kier molecular flexibility index (Phi) is 3.87. The van der Waals surface area contributed by atoms with E-state index < -0.39 is 10.0 Å². The van der Waals surface area contributed by atoms with Crippen LogP contribution in [0.5, 0.6) is 0 Å². The van der Waals surface area contributed by atoms with Gasteiger partial charge in [0.25, 0.3) is 0 Å². The monoisotopic (exact) mass is 318 g/mol. The zero-order valence-electron chi connectivity index (χ0n) is 9.53. The molecule has 0 radical (unpaired) electrons. The van der Waals surface area contributed by atoms with Gasteiger partial charge in [-0.15, -0.1) is 0 Å². The van der Waals surface area contributed by atoms with Gasteiger partial charge in [0, 0.05) is 17.1 Å². The molecule has 0 aliphatic carbocycles. The average Bonchev–Trinajstić information content (AvgIpc) is 2.73. The van der Waals surface area contributed by atoms with Crippen LogP contribution in [0.25, 0.3) is 0 Å². The fourth-order valence-corrected chi connectivity index (χ4v) is 3.95. The predicted octanol–water partition coefficient (Wildman–Crippen LogP) is 1.40. The molecular weight excluding hydrogens is 304 g/mol. The molecule has 0 bridgehead atoms. The second-order valence-corrected chi connectivity index (χ2v) is 6.71. The lowest BCUT2D eigenvalue weighted by Gasteiger charge is -2.14. The lowest BCUT2D eigenvalue weighted by atomic mass is 10.2. The molecule has 1 aromatic carbocycles. The third-order valence-corrected chi connectivity index (χ3v) is 5.41. The van der Waals surface area contributed by atoms with Gasteiger partial charge in [-0.2, -0.15) is 0 Å². The smallest absolute Gasteiger partial charge is 0.241 e. The predicted molar refractivity (Wildman–Crippen MR) is 70.5 cm³/mol. The molecule has 1 heterocycles. The maximum absolute atomic E-state index is 12.2. The van der Waals surface area contributed by atoms with Crippen molar-refractivity contribution in [1.82, 2.24) is 10.0 Å². The molecule has 0 saturated carbocycles. The molecule has 0 amide bonds. The quantitative estimate of drug-likeness (QED) is 0.885. The van der Waals surface area contributed by atoms with E-state index in [1.807, 2.05) is 6.07 Å². The molecule has 1 fully saturated rings. The first-order chi connectivity index (χ1) is 8.00. The molecule has 1 unspecified atom stereocenters. The summed E-state index contributed by atoms with van der Waals surface area (Å²) in [7, 11) is -3.42. The zero-order chi connectivity index (χ0) is 12.5. The second-order valence-electron chi connectivity index (χ2n) is 4.17. The van der Waals surface area contributed by atoms with E-state index in [2.05, 4.69) is 26.0 Å². The molecule has 1 atom stereocenters. The van der Waals surface area contributed by atoms with Gasteiger partial charge < -0.3 is 5.32 Å². The molecule has 6 heteroatoms. The summed E-state index contributed by atoms with van der Waals surface area (Å²) in [4.78, 5) is 0.346. The second kappa shape index (κ2) is 5.06. The van der Waals surface area contributed by atoms with Gasteiger partial charge in [0.2, 0.25) is 10.0 Å². The summed E-state index contributed by atoms with van der Waals surface area (Å²) in [5, 5.41) is 3.14. The topological polar surface area (TPSA) is 58.2 Å². The number of hydrogen-bond acceptors (Lipinski definition) is 3. The first kappa shape index (κ1) is 13.0. The Morgan fingerprint density at radius 3 is 2.88 bits per heavy atom. The Balaban J connectivity index is 2.28. The SMILES string of the molecule is Cc1c(Br)cccc1S(=O)(=O)NC1CCNC1. The van der Waals surface area contributed by atoms with Gasteiger partial charge in [0.1, 0.15) is 0 Å². The van der Waals surface area contributed by atoms with Crippen molar-refractivity contribution in [1.29, 1.82) is 0 Å². The Hall–Kier alpha value is -0.430. The van der Waals surface area contributed by atoms with Gasteiger partial charge in [-0.25, -0.2) is 13.1 Å². The van der Waals surface area contributed by atoms with Crippen molar-refractivity contribution in [2.45, 2.75) is 24.3 Å². The molecule has 1 aliphatic heterocycles. The summed E-state index contributed by atoms with van der Waals surface area (Å²) in [6.07, 6.45) is 0.840. The number of halogens is 1. The minimum atomic E-state index is -3.42. The summed E-state index contributed by atoms with van der Waals surface area (Å²) in [5.74, 6) is 0. The number of nitrogens with one attached hydrogen (secondary N) is 2. The molecule has 94 valence electrons. The van der Waals surface area contributed by atoms with E-state index in [0.717, 1.165) is 23.0 Å². The molecule has 0 spiro atoms. The van der Waals surface area contributed by atoms with Gasteiger partial charge in [-0.3, -0.25) is 0 Å². The first-order valence-corrected chi connectivity index (χ1v) is 7.76. The van der Waals surface area contributed by atoms with E-state index in [0.29, 0.717) is 11.4 Å². The summed E-state index contributed by atoms with van der Waals surface area (Å²) in [6.45, 7) is 3.36. The number of sulfonamides is 1. The molecule has 2 N–H and O–H groups in total. The van der Waals surface area contributed by atoms with Crippen LogP contribution in [0.4, 0.5) is 0 Å². The standard InChI is InChI=1S/C11H15BrN2O2S/c1-8-10(12)3-2-4-11(8)17(15,16)14-9-5-6-13-7-9/h2-4,9,13-14H,5-7H2,1H3. The maximum Gasteiger partial charge on any atom is 0.241 e. The van der Waals surface area contributed by atoms with Crippen LogP contribution >= 0.6 is 15.9 Å². The van der Waals surface area contributed by atoms with Crippen LogP contribution < -0.4 is 10.0 Å². The van der Waals surface area contributed by atoms with Crippen LogP contribution in [0.1, 0.15) is 12.0 Å². The highest BCUT2D eigenvalue weighted by molar-refractivity contribution is 9.10. The van der Waals surface area contributed by atoms with E-state index in [9.17, 15) is 8.42 Å². The van der Waals surface area contributed by atoms with Crippen LogP contribution in [-0.2, 0) is 10.0 Å². The van der Waals surface area contributed by atoms with Gasteiger partial charge in [0.05, 0.1) is 4.90 Å². The van der Waals surface area contributed by atoms with E-state index in [1.54, 1.807) is 19.1 Å². The summed E-state index contributed by atoms with van der Waals surface area (Å²) in [6, 6.07) is 5.20. The number of benzene rings is 1. The first-order valence-electron chi connectivity index (χ1n) is 5.49. The number of hydrogen-bond donors (Lipinski definition) is 2. The van der Waals surface area contributed by atoms with E-state index in [4.69, 9.17) is 0 Å². The largest absolute Gasteiger partial charge is 0.315 e. The lowest BCUT2D eigenvalue weighted by Crippen LogP contribution is -2.36. The molecule has 4 nitrogen and oxygen atoms in total. The number of rotatable bonds is 3. The normalized spacial score (nSPS) is 20.7. The minimum Gasteiger partial charge on any atom is -0.315 e. The summed E-state index contributed by atoms with van der Waals surface area (Å²) >= 11 is 3.35. The van der Waals surface area contributed by atoms with Crippen molar-refractivity contribution in [3.63, 3.8) is 0 Å². The van der Waals surface area contributed by atoms with E-state index in [-0.39, 0.29) is 6.04 Å². The zero-order valence-corrected chi connectivity index (χ0v) is 11.9. The van der Waals surface area contributed by atoms with Crippen LogP contribution in [0, 0.1) is 6.92 Å². The van der Waals surface area contributed by atoms with E-state index >= 15 is 0 Å². The highest BCUT2D eigenvalue weighted by Gasteiger charge is 2.24. The highest BCUT2D eigenvalue weighted by atomic mass is 79.9. The maximum atomic E-state index is 12.2. The van der Waals surface area contributed by atoms with Gasteiger partial charge in [-0.1, -0.05) is 22.0 Å². The lowest BCUT2D eigenvalue weighted by molar-refractivity contribution is 0.559. The van der Waals surface area contributed by atoms with Crippen LogP contribution in [0.2, 0.25) is 0 Å². The molecule has 17 heavy (non-hydrogen) atoms. The Morgan fingerprint density at radius 2 is 2.24 bits per heavy atom. The molecule has 1 saturated heterocycles. The van der Waals surface area contributed by atoms with Crippen LogP contribution in [0.3, 0.4) is 0 Å². The van der Waals surface area contributed by atoms with Crippen molar-refractivity contribution >= 4 is 26.0 Å². The van der Waals surface area contributed by atoms with Gasteiger partial charge in [0.15, 0.2) is 0 Å². The third kappa shape index (κ3) is 2.88. The minimum absolute atomic E-state index is 0.00150. The third-order valence-electron chi connectivity index (χ3n) is 2.89. The van der Waals surface area contributed by atoms with Crippen molar-refractivity contribution in [3.8, 4) is 0 Å². The van der Waals surface area contributed by atoms with Crippen molar-refractivity contribution < 1.29 is 8.42 Å². The highest BCUT2D eigenvalue weighted by Crippen LogP contribution is 2.23. The Bertz CT molecular complexity index is 510. The molecular formula is C11H15BrN2O2S. The molecule has 2 rings (SSSR count). The molecule has 1 aromatic rings. The van der Waals surface area contributed by atoms with Gasteiger partial charge in [-0.05, 0) is 37.6 Å². The molecule has 0 aromatic heterocycles. The summed E-state index contributed by atoms with van der Waals surface area (Å²) < 4.78 is 27.9. The van der Waals surface area contributed by atoms with Crippen molar-refractivity contribution in [3.05, 3.63) is 28.2 Å². The fraction of sp³-hybridized carbons (Fsp3) is 0.455. The average molecular weight is 319 g/mol. The molecule has 1 aliphatic rings. The van der Waals surface area contributed by atoms with Crippen molar-refractivity contribution in [2.24, 2.45) is 0 Å². The Morgan fingerprint density at radius 1 is 1.47 bits per heavy atom. The van der Waals surface area contributed by atoms with E-state index in [1.165, 1.54) is 0 Å². The van der Waals surface area contributed by atoms with Gasteiger partial charge >= 0.3 is 0 Å². The summed E-state index contributed by atoms with van der Waals surface area (Å²) in [5.41, 5.74) is 0.742. The van der Waals surface area contributed by atoms with Crippen LogP contribution in [-0.4, -0.2) is 27.5 Å². The van der Waals surface area contributed by atoms with Crippen molar-refractivity contribution in [2.75, 3.05) is 13.1 Å².